The summed E-state index contributed by atoms with van der Waals surface area (Å²) in [6.45, 7) is 6.64. The minimum absolute atomic E-state index is 0.875. The van der Waals surface area contributed by atoms with Gasteiger partial charge in [0.1, 0.15) is 5.76 Å². The van der Waals surface area contributed by atoms with E-state index in [0.29, 0.717) is 0 Å². The molecule has 0 spiro atoms. The number of hydrogen-bond donors (Lipinski definition) is 1. The van der Waals surface area contributed by atoms with Gasteiger partial charge < -0.3 is 19.5 Å². The first-order valence-corrected chi connectivity index (χ1v) is 6.77. The van der Waals surface area contributed by atoms with Crippen LogP contribution in [0.3, 0.4) is 0 Å². The van der Waals surface area contributed by atoms with E-state index in [2.05, 4.69) is 27.1 Å². The molecule has 0 saturated carbocycles. The van der Waals surface area contributed by atoms with Gasteiger partial charge in [-0.3, -0.25) is 0 Å². The highest BCUT2D eigenvalue weighted by Crippen LogP contribution is 2.07. The summed E-state index contributed by atoms with van der Waals surface area (Å²) in [5.41, 5.74) is 0. The molecule has 1 saturated heterocycles. The molecule has 1 aromatic heterocycles. The van der Waals surface area contributed by atoms with E-state index in [0.717, 1.165) is 50.7 Å². The monoisotopic (exact) mass is 252 g/mol. The van der Waals surface area contributed by atoms with E-state index in [1.165, 1.54) is 13.1 Å². The van der Waals surface area contributed by atoms with Crippen molar-refractivity contribution in [2.75, 3.05) is 53.4 Å². The quantitative estimate of drug-likeness (QED) is 0.785. The minimum Gasteiger partial charge on any atom is -0.446 e. The van der Waals surface area contributed by atoms with Gasteiger partial charge >= 0.3 is 0 Å². The Labute approximate surface area is 109 Å². The van der Waals surface area contributed by atoms with Crippen molar-refractivity contribution in [2.45, 2.75) is 12.8 Å². The highest BCUT2D eigenvalue weighted by Gasteiger charge is 2.14. The molecule has 18 heavy (non-hydrogen) atoms. The Bertz CT molecular complexity index is 345. The normalized spacial score (nSPS) is 18.3. The number of nitrogens with one attached hydrogen (secondary N) is 1. The van der Waals surface area contributed by atoms with Gasteiger partial charge in [0.2, 0.25) is 0 Å². The fraction of sp³-hybridized carbons (Fsp3) is 0.769. The molecule has 2 rings (SSSR count). The van der Waals surface area contributed by atoms with Gasteiger partial charge in [-0.1, -0.05) is 0 Å². The van der Waals surface area contributed by atoms with Crippen molar-refractivity contribution in [3.05, 3.63) is 17.8 Å². The number of hydrogen-bond acceptors (Lipinski definition) is 5. The summed E-state index contributed by atoms with van der Waals surface area (Å²) in [7, 11) is 4.13. The minimum atomic E-state index is 0.875. The van der Waals surface area contributed by atoms with Gasteiger partial charge in [0.05, 0.1) is 6.20 Å². The van der Waals surface area contributed by atoms with Gasteiger partial charge in [0.15, 0.2) is 5.89 Å². The highest BCUT2D eigenvalue weighted by molar-refractivity contribution is 4.95. The van der Waals surface area contributed by atoms with Crippen LogP contribution in [-0.2, 0) is 12.8 Å². The second kappa shape index (κ2) is 6.87. The molecule has 1 fully saturated rings. The van der Waals surface area contributed by atoms with Gasteiger partial charge in [-0.2, -0.15) is 0 Å². The first-order valence-electron chi connectivity index (χ1n) is 6.77. The summed E-state index contributed by atoms with van der Waals surface area (Å²) in [5, 5.41) is 3.11. The number of likely N-dealkylation sites (N-methyl/N-ethyl adjacent to an activating group) is 2. The van der Waals surface area contributed by atoms with Crippen LogP contribution in [0.2, 0.25) is 0 Å². The molecule has 0 aromatic carbocycles. The molecule has 0 unspecified atom stereocenters. The van der Waals surface area contributed by atoms with Crippen molar-refractivity contribution in [2.24, 2.45) is 0 Å². The maximum Gasteiger partial charge on any atom is 0.195 e. The van der Waals surface area contributed by atoms with Crippen LogP contribution >= 0.6 is 0 Å². The van der Waals surface area contributed by atoms with E-state index < -0.39 is 0 Å². The summed E-state index contributed by atoms with van der Waals surface area (Å²) in [4.78, 5) is 9.19. The Morgan fingerprint density at radius 3 is 2.78 bits per heavy atom. The van der Waals surface area contributed by atoms with Crippen molar-refractivity contribution in [1.82, 2.24) is 20.1 Å². The molecular weight excluding hydrogens is 228 g/mol. The van der Waals surface area contributed by atoms with Gasteiger partial charge in [-0.25, -0.2) is 4.98 Å². The Morgan fingerprint density at radius 2 is 2.06 bits per heavy atom. The second-order valence-electron chi connectivity index (χ2n) is 4.97. The lowest BCUT2D eigenvalue weighted by Gasteiger charge is -2.31. The third-order valence-electron chi connectivity index (χ3n) is 3.46. The average molecular weight is 252 g/mol. The van der Waals surface area contributed by atoms with Crippen LogP contribution in [0, 0.1) is 0 Å². The van der Waals surface area contributed by atoms with Crippen molar-refractivity contribution >= 4 is 0 Å². The summed E-state index contributed by atoms with van der Waals surface area (Å²) in [5.74, 6) is 1.86. The fourth-order valence-electron chi connectivity index (χ4n) is 2.15. The van der Waals surface area contributed by atoms with Gasteiger partial charge in [0.25, 0.3) is 0 Å². The second-order valence-corrected chi connectivity index (χ2v) is 4.97. The lowest BCUT2D eigenvalue weighted by atomic mass is 10.3. The first-order chi connectivity index (χ1) is 8.78. The molecule has 1 aromatic rings. The van der Waals surface area contributed by atoms with Crippen LogP contribution in [0.4, 0.5) is 0 Å². The standard InChI is InChI=1S/C13H24N4O/c1-14-5-3-12-11-15-13(18-12)4-6-17-9-7-16(2)8-10-17/h11,14H,3-10H2,1-2H3. The summed E-state index contributed by atoms with van der Waals surface area (Å²) in [6.07, 6.45) is 3.69. The van der Waals surface area contributed by atoms with E-state index >= 15 is 0 Å². The zero-order valence-corrected chi connectivity index (χ0v) is 11.5. The molecule has 5 heteroatoms. The summed E-state index contributed by atoms with van der Waals surface area (Å²) >= 11 is 0. The number of aromatic nitrogens is 1. The maximum atomic E-state index is 5.71. The topological polar surface area (TPSA) is 44.5 Å². The van der Waals surface area contributed by atoms with Crippen LogP contribution in [-0.4, -0.2) is 68.1 Å². The van der Waals surface area contributed by atoms with E-state index in [-0.39, 0.29) is 0 Å². The smallest absolute Gasteiger partial charge is 0.195 e. The molecule has 1 N–H and O–H groups in total. The SMILES string of the molecule is CNCCc1cnc(CCN2CCN(C)CC2)o1. The summed E-state index contributed by atoms with van der Waals surface area (Å²) in [6, 6.07) is 0. The van der Waals surface area contributed by atoms with Gasteiger partial charge in [-0.15, -0.1) is 0 Å². The number of rotatable bonds is 6. The molecule has 102 valence electrons. The zero-order valence-electron chi connectivity index (χ0n) is 11.5. The molecule has 5 nitrogen and oxygen atoms in total. The lowest BCUT2D eigenvalue weighted by Crippen LogP contribution is -2.45. The highest BCUT2D eigenvalue weighted by atomic mass is 16.4. The van der Waals surface area contributed by atoms with Crippen LogP contribution < -0.4 is 5.32 Å². The first kappa shape index (κ1) is 13.5. The van der Waals surface area contributed by atoms with Crippen LogP contribution in [0.15, 0.2) is 10.6 Å². The van der Waals surface area contributed by atoms with E-state index in [4.69, 9.17) is 4.42 Å². The molecular formula is C13H24N4O. The van der Waals surface area contributed by atoms with E-state index in [1.807, 2.05) is 13.2 Å². The third kappa shape index (κ3) is 4.08. The number of nitrogens with zero attached hydrogens (tertiary/aromatic N) is 3. The van der Waals surface area contributed by atoms with Crippen molar-refractivity contribution in [1.29, 1.82) is 0 Å². The van der Waals surface area contributed by atoms with Crippen LogP contribution in [0.5, 0.6) is 0 Å². The van der Waals surface area contributed by atoms with Gasteiger partial charge in [0, 0.05) is 52.1 Å². The average Bonchev–Trinajstić information content (AvgIpc) is 2.84. The Hall–Kier alpha value is -0.910. The number of piperazine rings is 1. The van der Waals surface area contributed by atoms with Gasteiger partial charge in [-0.05, 0) is 14.1 Å². The molecule has 2 heterocycles. The predicted octanol–water partition coefficient (Wildman–Crippen LogP) is 0.226. The number of oxazole rings is 1. The Morgan fingerprint density at radius 1 is 1.28 bits per heavy atom. The largest absolute Gasteiger partial charge is 0.446 e. The Kier molecular flexibility index (Phi) is 5.16. The third-order valence-corrected chi connectivity index (χ3v) is 3.46. The molecule has 1 aliphatic rings. The fourth-order valence-corrected chi connectivity index (χ4v) is 2.15. The van der Waals surface area contributed by atoms with E-state index in [9.17, 15) is 0 Å². The molecule has 0 amide bonds. The molecule has 1 aliphatic heterocycles. The van der Waals surface area contributed by atoms with Crippen molar-refractivity contribution in [3.8, 4) is 0 Å². The predicted molar refractivity (Wildman–Crippen MR) is 71.8 cm³/mol. The maximum absolute atomic E-state index is 5.71. The van der Waals surface area contributed by atoms with Crippen LogP contribution in [0.1, 0.15) is 11.7 Å². The lowest BCUT2D eigenvalue weighted by molar-refractivity contribution is 0.153. The zero-order chi connectivity index (χ0) is 12.8. The molecule has 0 bridgehead atoms. The summed E-state index contributed by atoms with van der Waals surface area (Å²) < 4.78 is 5.71. The molecule has 0 aliphatic carbocycles. The van der Waals surface area contributed by atoms with Crippen LogP contribution in [0.25, 0.3) is 0 Å². The molecule has 0 atom stereocenters. The van der Waals surface area contributed by atoms with E-state index in [1.54, 1.807) is 0 Å². The van der Waals surface area contributed by atoms with Crippen molar-refractivity contribution < 1.29 is 4.42 Å². The Balaban J connectivity index is 1.71. The van der Waals surface area contributed by atoms with Crippen molar-refractivity contribution in [3.63, 3.8) is 0 Å². The molecule has 0 radical (unpaired) electrons.